The maximum Gasteiger partial charge on any atom is 0.302 e. The minimum Gasteiger partial charge on any atom is -0.462 e. The van der Waals surface area contributed by atoms with Crippen LogP contribution in [-0.4, -0.2) is 22.8 Å². The Kier molecular flexibility index (Phi) is 6.71. The topological polar surface area (TPSA) is 46.5 Å². The van der Waals surface area contributed by atoms with E-state index < -0.39 is 5.60 Å². The van der Waals surface area contributed by atoms with Gasteiger partial charge >= 0.3 is 5.97 Å². The zero-order chi connectivity index (χ0) is 24.2. The molecular weight excluding hydrogens is 408 g/mol. The molecule has 3 fully saturated rings. The molecule has 0 aromatic rings. The van der Waals surface area contributed by atoms with E-state index in [4.69, 9.17) is 4.74 Å². The van der Waals surface area contributed by atoms with Crippen LogP contribution in [-0.2, 0) is 9.53 Å². The van der Waals surface area contributed by atoms with Gasteiger partial charge in [0.2, 0.25) is 0 Å². The summed E-state index contributed by atoms with van der Waals surface area (Å²) in [5.41, 5.74) is 1.17. The molecule has 0 aromatic carbocycles. The minimum atomic E-state index is -0.756. The maximum absolute atomic E-state index is 11.8. The normalized spacial score (nSPS) is 44.6. The molecule has 1 N–H and O–H groups in total. The largest absolute Gasteiger partial charge is 0.462 e. The number of aliphatic hydroxyl groups is 1. The molecule has 0 heterocycles. The summed E-state index contributed by atoms with van der Waals surface area (Å²) in [5.74, 6) is 3.59. The maximum atomic E-state index is 11.8. The minimum absolute atomic E-state index is 0.106. The van der Waals surface area contributed by atoms with Crippen LogP contribution in [0.25, 0.3) is 0 Å². The molecule has 0 bridgehead atoms. The standard InChI is InChI=1S/C30H48O3/c1-19(2)20(3)8-9-21(4)25-10-11-26-24-13-17-30(32)18-23(33-22(5)31)12-16-29(30,7)27(24)14-15-28(25,26)6/h8-9,13,19-21,23,25-27,32H,10-12,14-18H2,1-7H3/b9-8+/t20-,21+,23+,25+,26-,27+,28-,29+,30+/m0/s1. The van der Waals surface area contributed by atoms with Crippen molar-refractivity contribution in [3.8, 4) is 0 Å². The van der Waals surface area contributed by atoms with Gasteiger partial charge in [0.1, 0.15) is 6.10 Å². The number of hydrogen-bond acceptors (Lipinski definition) is 3. The molecule has 33 heavy (non-hydrogen) atoms. The number of esters is 1. The van der Waals surface area contributed by atoms with Crippen LogP contribution >= 0.6 is 0 Å². The highest BCUT2D eigenvalue weighted by atomic mass is 16.5. The fraction of sp³-hybridized carbons (Fsp3) is 0.833. The number of rotatable bonds is 5. The predicted molar refractivity (Wildman–Crippen MR) is 135 cm³/mol. The number of fused-ring (bicyclic) bond motifs is 5. The first-order valence-corrected chi connectivity index (χ1v) is 13.7. The summed E-state index contributed by atoms with van der Waals surface area (Å²) in [6, 6.07) is 0. The fourth-order valence-corrected chi connectivity index (χ4v) is 8.42. The molecule has 0 radical (unpaired) electrons. The number of carbonyl (C=O) groups excluding carboxylic acids is 1. The summed E-state index contributed by atoms with van der Waals surface area (Å²) in [4.78, 5) is 11.5. The van der Waals surface area contributed by atoms with E-state index in [0.717, 1.165) is 18.8 Å². The molecule has 4 rings (SSSR count). The van der Waals surface area contributed by atoms with Crippen molar-refractivity contribution in [1.29, 1.82) is 0 Å². The lowest BCUT2D eigenvalue weighted by atomic mass is 9.46. The lowest BCUT2D eigenvalue weighted by molar-refractivity contribution is -0.183. The molecule has 0 unspecified atom stereocenters. The zero-order valence-electron chi connectivity index (χ0n) is 22.2. The molecule has 0 aliphatic heterocycles. The Hall–Kier alpha value is -1.09. The van der Waals surface area contributed by atoms with E-state index in [0.29, 0.717) is 47.8 Å². The van der Waals surface area contributed by atoms with Crippen molar-refractivity contribution >= 4 is 5.97 Å². The summed E-state index contributed by atoms with van der Waals surface area (Å²) >= 11 is 0. The van der Waals surface area contributed by atoms with Gasteiger partial charge in [0.25, 0.3) is 0 Å². The predicted octanol–water partition coefficient (Wildman–Crippen LogP) is 7.10. The average molecular weight is 457 g/mol. The quantitative estimate of drug-likeness (QED) is 0.354. The van der Waals surface area contributed by atoms with Crippen LogP contribution in [0.5, 0.6) is 0 Å². The fourth-order valence-electron chi connectivity index (χ4n) is 8.42. The highest BCUT2D eigenvalue weighted by molar-refractivity contribution is 5.66. The van der Waals surface area contributed by atoms with Crippen LogP contribution in [0.3, 0.4) is 0 Å². The Labute approximate surface area is 202 Å². The molecule has 3 nitrogen and oxygen atoms in total. The monoisotopic (exact) mass is 456 g/mol. The smallest absolute Gasteiger partial charge is 0.302 e. The molecule has 4 aliphatic rings. The molecule has 0 saturated heterocycles. The van der Waals surface area contributed by atoms with Gasteiger partial charge in [-0.1, -0.05) is 65.3 Å². The summed E-state index contributed by atoms with van der Waals surface area (Å²) in [5, 5.41) is 11.8. The highest BCUT2D eigenvalue weighted by Gasteiger charge is 2.62. The van der Waals surface area contributed by atoms with E-state index in [9.17, 15) is 9.90 Å². The van der Waals surface area contributed by atoms with Crippen LogP contribution in [0, 0.1) is 46.3 Å². The SMILES string of the molecule is CC(=O)O[C@@H]1CC[C@]2(C)[C@@H]3CC[C@@]4(C)[C@@H]([C@H](C)/C=C/[C@H](C)C(C)C)CC[C@H]4C3=CC[C@@]2(O)C1. The van der Waals surface area contributed by atoms with Gasteiger partial charge < -0.3 is 9.84 Å². The van der Waals surface area contributed by atoms with E-state index in [1.165, 1.54) is 32.6 Å². The lowest BCUT2D eigenvalue weighted by Gasteiger charge is -2.61. The van der Waals surface area contributed by atoms with Gasteiger partial charge in [-0.3, -0.25) is 4.79 Å². The van der Waals surface area contributed by atoms with Gasteiger partial charge in [-0.15, -0.1) is 0 Å². The van der Waals surface area contributed by atoms with Gasteiger partial charge in [0.05, 0.1) is 5.60 Å². The van der Waals surface area contributed by atoms with E-state index in [1.807, 2.05) is 0 Å². The van der Waals surface area contributed by atoms with Crippen LogP contribution in [0.15, 0.2) is 23.8 Å². The highest BCUT2D eigenvalue weighted by Crippen LogP contribution is 2.67. The summed E-state index contributed by atoms with van der Waals surface area (Å²) < 4.78 is 5.54. The molecule has 186 valence electrons. The molecular formula is C30H48O3. The summed E-state index contributed by atoms with van der Waals surface area (Å²) in [6.07, 6.45) is 15.5. The second-order valence-corrected chi connectivity index (χ2v) is 13.0. The van der Waals surface area contributed by atoms with Gasteiger partial charge in [0.15, 0.2) is 0 Å². The molecule has 0 amide bonds. The first kappa shape index (κ1) is 25.0. The molecule has 3 heteroatoms. The van der Waals surface area contributed by atoms with Crippen LogP contribution in [0.2, 0.25) is 0 Å². The summed E-state index contributed by atoms with van der Waals surface area (Å²) in [7, 11) is 0. The number of allylic oxidation sites excluding steroid dienone is 3. The van der Waals surface area contributed by atoms with Gasteiger partial charge in [-0.05, 0) is 85.9 Å². The average Bonchev–Trinajstić information content (AvgIpc) is 3.09. The van der Waals surface area contributed by atoms with Crippen molar-refractivity contribution in [2.75, 3.05) is 0 Å². The van der Waals surface area contributed by atoms with Crippen LogP contribution in [0.4, 0.5) is 0 Å². The van der Waals surface area contributed by atoms with Gasteiger partial charge in [0, 0.05) is 18.8 Å². The van der Waals surface area contributed by atoms with Gasteiger partial charge in [-0.2, -0.15) is 0 Å². The first-order valence-electron chi connectivity index (χ1n) is 13.7. The van der Waals surface area contributed by atoms with Crippen molar-refractivity contribution in [2.45, 2.75) is 112 Å². The summed E-state index contributed by atoms with van der Waals surface area (Å²) in [6.45, 7) is 15.8. The Morgan fingerprint density at radius 2 is 1.79 bits per heavy atom. The lowest BCUT2D eigenvalue weighted by Crippen LogP contribution is -2.60. The Morgan fingerprint density at radius 3 is 2.45 bits per heavy atom. The Bertz CT molecular complexity index is 811. The number of ether oxygens (including phenoxy) is 1. The zero-order valence-corrected chi connectivity index (χ0v) is 22.2. The van der Waals surface area contributed by atoms with E-state index >= 15 is 0 Å². The van der Waals surface area contributed by atoms with E-state index in [-0.39, 0.29) is 17.5 Å². The molecule has 0 aromatic heterocycles. The van der Waals surface area contributed by atoms with Crippen molar-refractivity contribution in [1.82, 2.24) is 0 Å². The van der Waals surface area contributed by atoms with Crippen molar-refractivity contribution < 1.29 is 14.6 Å². The Morgan fingerprint density at radius 1 is 1.06 bits per heavy atom. The molecule has 4 aliphatic carbocycles. The van der Waals surface area contributed by atoms with Gasteiger partial charge in [-0.25, -0.2) is 0 Å². The number of hydrogen-bond donors (Lipinski definition) is 1. The third kappa shape index (κ3) is 4.15. The van der Waals surface area contributed by atoms with Crippen LogP contribution in [0.1, 0.15) is 99.8 Å². The van der Waals surface area contributed by atoms with Crippen molar-refractivity contribution in [3.05, 3.63) is 23.8 Å². The number of carbonyl (C=O) groups is 1. The third-order valence-corrected chi connectivity index (χ3v) is 11.0. The molecule has 0 spiro atoms. The van der Waals surface area contributed by atoms with Crippen molar-refractivity contribution in [2.24, 2.45) is 46.3 Å². The van der Waals surface area contributed by atoms with E-state index in [2.05, 4.69) is 59.8 Å². The molecule has 3 saturated carbocycles. The molecule has 9 atom stereocenters. The Balaban J connectivity index is 1.55. The second-order valence-electron chi connectivity index (χ2n) is 13.0. The second kappa shape index (κ2) is 8.85. The van der Waals surface area contributed by atoms with Crippen LogP contribution < -0.4 is 0 Å². The van der Waals surface area contributed by atoms with Crippen molar-refractivity contribution in [3.63, 3.8) is 0 Å². The van der Waals surface area contributed by atoms with E-state index in [1.54, 1.807) is 5.57 Å². The first-order chi connectivity index (χ1) is 15.4. The third-order valence-electron chi connectivity index (χ3n) is 11.0.